The third kappa shape index (κ3) is 2.61. The van der Waals surface area contributed by atoms with Crippen LogP contribution in [-0.4, -0.2) is 11.0 Å². The number of rotatable bonds is 3. The van der Waals surface area contributed by atoms with Gasteiger partial charge in [0.15, 0.2) is 0 Å². The van der Waals surface area contributed by atoms with Crippen LogP contribution in [-0.2, 0) is 5.54 Å². The Kier molecular flexibility index (Phi) is 3.10. The van der Waals surface area contributed by atoms with Gasteiger partial charge in [0, 0.05) is 6.20 Å². The molecule has 0 aliphatic heterocycles. The van der Waals surface area contributed by atoms with Gasteiger partial charge in [0.05, 0.1) is 5.54 Å². The molecule has 1 aliphatic carbocycles. The number of nitrogens with one attached hydrogen (secondary N) is 2. The molecule has 4 nitrogen and oxygen atoms in total. The fourth-order valence-corrected chi connectivity index (χ4v) is 2.20. The molecule has 0 radical (unpaired) electrons. The summed E-state index contributed by atoms with van der Waals surface area (Å²) in [5.41, 5.74) is 0.356. The molecule has 0 spiro atoms. The second kappa shape index (κ2) is 4.92. The van der Waals surface area contributed by atoms with Crippen LogP contribution in [0.3, 0.4) is 0 Å². The first-order valence-electron chi connectivity index (χ1n) is 6.44. The lowest BCUT2D eigenvalue weighted by atomic mass is 10.1. The maximum Gasteiger partial charge on any atom is 0.321 e. The summed E-state index contributed by atoms with van der Waals surface area (Å²) in [5, 5.41) is 5.57. The first kappa shape index (κ1) is 12.6. The highest BCUT2D eigenvalue weighted by atomic mass is 19.1. The van der Waals surface area contributed by atoms with Gasteiger partial charge in [-0.3, -0.25) is 5.32 Å². The lowest BCUT2D eigenvalue weighted by Gasteiger charge is -2.18. The molecule has 3 rings (SSSR count). The van der Waals surface area contributed by atoms with Crippen molar-refractivity contribution in [3.63, 3.8) is 0 Å². The van der Waals surface area contributed by atoms with Crippen LogP contribution in [0.2, 0.25) is 0 Å². The Balaban J connectivity index is 1.70. The Morgan fingerprint density at radius 1 is 1.20 bits per heavy atom. The van der Waals surface area contributed by atoms with Crippen LogP contribution >= 0.6 is 0 Å². The summed E-state index contributed by atoms with van der Waals surface area (Å²) < 4.78 is 13.3. The summed E-state index contributed by atoms with van der Waals surface area (Å²) in [4.78, 5) is 16.0. The molecular weight excluding hydrogens is 257 g/mol. The fraction of sp³-hybridized carbons (Fsp3) is 0.200. The van der Waals surface area contributed by atoms with Gasteiger partial charge in [-0.25, -0.2) is 14.2 Å². The highest BCUT2D eigenvalue weighted by Gasteiger charge is 2.45. The van der Waals surface area contributed by atoms with Crippen LogP contribution in [0, 0.1) is 5.82 Å². The molecule has 1 aliphatic rings. The topological polar surface area (TPSA) is 54.0 Å². The number of benzene rings is 1. The minimum atomic E-state index is -0.443. The van der Waals surface area contributed by atoms with E-state index in [0.717, 1.165) is 18.4 Å². The first-order chi connectivity index (χ1) is 9.68. The summed E-state index contributed by atoms with van der Waals surface area (Å²) in [5.74, 6) is 0.195. The van der Waals surface area contributed by atoms with Crippen molar-refractivity contribution in [1.82, 2.24) is 10.3 Å². The number of carbonyl (C=O) groups excluding carboxylic acids is 1. The van der Waals surface area contributed by atoms with E-state index in [-0.39, 0.29) is 11.8 Å². The molecule has 102 valence electrons. The van der Waals surface area contributed by atoms with Crippen molar-refractivity contribution in [2.45, 2.75) is 18.4 Å². The van der Waals surface area contributed by atoms with Crippen molar-refractivity contribution in [2.24, 2.45) is 0 Å². The van der Waals surface area contributed by atoms with E-state index in [1.54, 1.807) is 30.5 Å². The van der Waals surface area contributed by atoms with E-state index < -0.39 is 5.54 Å². The monoisotopic (exact) mass is 271 g/mol. The van der Waals surface area contributed by atoms with E-state index in [4.69, 9.17) is 0 Å². The van der Waals surface area contributed by atoms with E-state index >= 15 is 0 Å². The number of aromatic nitrogens is 1. The predicted molar refractivity (Wildman–Crippen MR) is 73.7 cm³/mol. The van der Waals surface area contributed by atoms with Gasteiger partial charge in [-0.2, -0.15) is 0 Å². The van der Waals surface area contributed by atoms with Gasteiger partial charge in [0.1, 0.15) is 11.6 Å². The number of amides is 2. The number of nitrogens with zero attached hydrogens (tertiary/aromatic N) is 1. The number of hydrogen-bond donors (Lipinski definition) is 2. The maximum atomic E-state index is 13.3. The normalized spacial score (nSPS) is 15.4. The molecule has 5 heteroatoms. The lowest BCUT2D eigenvalue weighted by Crippen LogP contribution is -2.38. The van der Waals surface area contributed by atoms with Crippen LogP contribution in [0.1, 0.15) is 18.4 Å². The highest BCUT2D eigenvalue weighted by molar-refractivity contribution is 5.89. The number of halogens is 1. The van der Waals surface area contributed by atoms with Crippen LogP contribution in [0.5, 0.6) is 0 Å². The zero-order chi connectivity index (χ0) is 14.0. The molecule has 2 N–H and O–H groups in total. The van der Waals surface area contributed by atoms with E-state index in [1.807, 2.05) is 6.07 Å². The molecule has 0 unspecified atom stereocenters. The molecule has 1 saturated carbocycles. The molecule has 1 heterocycles. The van der Waals surface area contributed by atoms with Crippen molar-refractivity contribution in [3.8, 4) is 0 Å². The Labute approximate surface area is 116 Å². The average molecular weight is 271 g/mol. The smallest absolute Gasteiger partial charge is 0.321 e. The summed E-state index contributed by atoms with van der Waals surface area (Å²) >= 11 is 0. The minimum absolute atomic E-state index is 0.291. The number of anilines is 1. The second-order valence-electron chi connectivity index (χ2n) is 4.89. The van der Waals surface area contributed by atoms with E-state index in [9.17, 15) is 9.18 Å². The molecule has 1 aromatic carbocycles. The molecule has 20 heavy (non-hydrogen) atoms. The summed E-state index contributed by atoms with van der Waals surface area (Å²) in [7, 11) is 0. The molecule has 2 aromatic rings. The standard InChI is InChI=1S/C15H14FN3O/c16-12-5-3-4-11(10-12)15(7-8-15)19-14(20)18-13-6-1-2-9-17-13/h1-6,9-10H,7-8H2,(H2,17,18,19,20). The van der Waals surface area contributed by atoms with E-state index in [0.29, 0.717) is 5.82 Å². The van der Waals surface area contributed by atoms with Gasteiger partial charge in [0.25, 0.3) is 0 Å². The van der Waals surface area contributed by atoms with E-state index in [1.165, 1.54) is 12.1 Å². The van der Waals surface area contributed by atoms with Crippen molar-refractivity contribution >= 4 is 11.8 Å². The summed E-state index contributed by atoms with van der Waals surface area (Å²) in [6.45, 7) is 0. The molecular formula is C15H14FN3O. The van der Waals surface area contributed by atoms with Gasteiger partial charge in [-0.1, -0.05) is 18.2 Å². The third-order valence-corrected chi connectivity index (χ3v) is 3.39. The van der Waals surface area contributed by atoms with E-state index in [2.05, 4.69) is 15.6 Å². The fourth-order valence-electron chi connectivity index (χ4n) is 2.20. The molecule has 0 atom stereocenters. The second-order valence-corrected chi connectivity index (χ2v) is 4.89. The van der Waals surface area contributed by atoms with Crippen LogP contribution in [0.4, 0.5) is 15.0 Å². The molecule has 0 saturated heterocycles. The third-order valence-electron chi connectivity index (χ3n) is 3.39. The predicted octanol–water partition coefficient (Wildman–Crippen LogP) is 3.03. The molecule has 2 amide bonds. The summed E-state index contributed by atoms with van der Waals surface area (Å²) in [6, 6.07) is 11.3. The maximum absolute atomic E-state index is 13.3. The number of carbonyl (C=O) groups is 1. The van der Waals surface area contributed by atoms with Crippen molar-refractivity contribution in [2.75, 3.05) is 5.32 Å². The Morgan fingerprint density at radius 2 is 2.05 bits per heavy atom. The minimum Gasteiger partial charge on any atom is -0.328 e. The number of urea groups is 1. The SMILES string of the molecule is O=C(Nc1ccccn1)NC1(c2cccc(F)c2)CC1. The first-order valence-corrected chi connectivity index (χ1v) is 6.44. The van der Waals surface area contributed by atoms with Gasteiger partial charge >= 0.3 is 6.03 Å². The number of hydrogen-bond acceptors (Lipinski definition) is 2. The molecule has 0 bridgehead atoms. The van der Waals surface area contributed by atoms with Crippen LogP contribution < -0.4 is 10.6 Å². The van der Waals surface area contributed by atoms with Gasteiger partial charge < -0.3 is 5.32 Å². The number of pyridine rings is 1. The van der Waals surface area contributed by atoms with Crippen LogP contribution in [0.25, 0.3) is 0 Å². The molecule has 1 fully saturated rings. The molecule has 1 aromatic heterocycles. The van der Waals surface area contributed by atoms with Crippen molar-refractivity contribution < 1.29 is 9.18 Å². The quantitative estimate of drug-likeness (QED) is 0.901. The van der Waals surface area contributed by atoms with Gasteiger partial charge in [-0.15, -0.1) is 0 Å². The average Bonchev–Trinajstić information content (AvgIpc) is 3.20. The van der Waals surface area contributed by atoms with Gasteiger partial charge in [-0.05, 0) is 42.7 Å². The zero-order valence-electron chi connectivity index (χ0n) is 10.8. The highest BCUT2D eigenvalue weighted by Crippen LogP contribution is 2.45. The van der Waals surface area contributed by atoms with Gasteiger partial charge in [0.2, 0.25) is 0 Å². The largest absolute Gasteiger partial charge is 0.328 e. The van der Waals surface area contributed by atoms with Crippen LogP contribution in [0.15, 0.2) is 48.7 Å². The van der Waals surface area contributed by atoms with Crippen molar-refractivity contribution in [3.05, 3.63) is 60.0 Å². The Bertz CT molecular complexity index is 626. The Hall–Kier alpha value is -2.43. The Morgan fingerprint density at radius 3 is 2.70 bits per heavy atom. The lowest BCUT2D eigenvalue weighted by molar-refractivity contribution is 0.247. The zero-order valence-corrected chi connectivity index (χ0v) is 10.8. The van der Waals surface area contributed by atoms with Crippen molar-refractivity contribution in [1.29, 1.82) is 0 Å². The summed E-state index contributed by atoms with van der Waals surface area (Å²) in [6.07, 6.45) is 3.23.